The molecule has 0 amide bonds. The van der Waals surface area contributed by atoms with E-state index in [0.29, 0.717) is 6.61 Å². The first kappa shape index (κ1) is 10.2. The molecule has 2 aromatic rings. The summed E-state index contributed by atoms with van der Waals surface area (Å²) in [4.78, 5) is 3.18. The lowest BCUT2D eigenvalue weighted by Gasteiger charge is -2.11. The summed E-state index contributed by atoms with van der Waals surface area (Å²) < 4.78 is 5.02. The normalized spacial score (nSPS) is 13.2. The molecular weight excluding hydrogens is 188 g/mol. The maximum atomic E-state index is 6.05. The van der Waals surface area contributed by atoms with Crippen molar-refractivity contribution < 1.29 is 4.74 Å². The van der Waals surface area contributed by atoms with Gasteiger partial charge in [-0.15, -0.1) is 0 Å². The highest BCUT2D eigenvalue weighted by Crippen LogP contribution is 2.19. The second-order valence-electron chi connectivity index (χ2n) is 3.71. The van der Waals surface area contributed by atoms with Gasteiger partial charge in [0.2, 0.25) is 0 Å². The highest BCUT2D eigenvalue weighted by Gasteiger charge is 2.06. The summed E-state index contributed by atoms with van der Waals surface area (Å²) in [6.45, 7) is 0.698. The van der Waals surface area contributed by atoms with E-state index >= 15 is 0 Å². The van der Waals surface area contributed by atoms with Gasteiger partial charge in [-0.1, -0.05) is 12.1 Å². The number of methoxy groups -OCH3 is 1. The van der Waals surface area contributed by atoms with Crippen molar-refractivity contribution in [2.45, 2.75) is 12.5 Å². The number of nitrogens with one attached hydrogen (secondary N) is 1. The maximum Gasteiger partial charge on any atom is 0.0480 e. The number of aromatic nitrogens is 1. The minimum atomic E-state index is 0.0534. The first-order valence-electron chi connectivity index (χ1n) is 5.13. The molecule has 0 bridgehead atoms. The van der Waals surface area contributed by atoms with Crippen LogP contribution in [0.4, 0.5) is 0 Å². The quantitative estimate of drug-likeness (QED) is 0.802. The van der Waals surface area contributed by atoms with E-state index in [1.165, 1.54) is 5.39 Å². The van der Waals surface area contributed by atoms with Gasteiger partial charge in [-0.3, -0.25) is 0 Å². The lowest BCUT2D eigenvalue weighted by Crippen LogP contribution is -2.12. The Labute approximate surface area is 89.2 Å². The number of hydrogen-bond donors (Lipinski definition) is 2. The van der Waals surface area contributed by atoms with E-state index in [1.807, 2.05) is 6.20 Å². The van der Waals surface area contributed by atoms with Crippen LogP contribution >= 0.6 is 0 Å². The molecule has 0 spiro atoms. The van der Waals surface area contributed by atoms with Crippen molar-refractivity contribution in [2.75, 3.05) is 13.7 Å². The Morgan fingerprint density at radius 1 is 1.40 bits per heavy atom. The first-order valence-corrected chi connectivity index (χ1v) is 5.13. The average Bonchev–Trinajstić information content (AvgIpc) is 2.72. The molecule has 15 heavy (non-hydrogen) atoms. The van der Waals surface area contributed by atoms with Crippen LogP contribution in [0.1, 0.15) is 18.0 Å². The van der Waals surface area contributed by atoms with Crippen molar-refractivity contribution in [1.82, 2.24) is 4.98 Å². The Morgan fingerprint density at radius 3 is 3.07 bits per heavy atom. The summed E-state index contributed by atoms with van der Waals surface area (Å²) in [5.74, 6) is 0. The number of H-pyrrole nitrogens is 1. The summed E-state index contributed by atoms with van der Waals surface area (Å²) in [5, 5.41) is 1.22. The Morgan fingerprint density at radius 2 is 2.27 bits per heavy atom. The largest absolute Gasteiger partial charge is 0.385 e. The molecule has 1 unspecified atom stereocenters. The highest BCUT2D eigenvalue weighted by atomic mass is 16.5. The van der Waals surface area contributed by atoms with Gasteiger partial charge in [0, 0.05) is 31.5 Å². The van der Waals surface area contributed by atoms with Gasteiger partial charge in [0.1, 0.15) is 0 Å². The third-order valence-corrected chi connectivity index (χ3v) is 2.64. The molecule has 80 valence electrons. The minimum absolute atomic E-state index is 0.0534. The van der Waals surface area contributed by atoms with E-state index in [9.17, 15) is 0 Å². The Bertz CT molecular complexity index is 436. The molecule has 1 heterocycles. The molecule has 0 fully saturated rings. The van der Waals surface area contributed by atoms with Crippen molar-refractivity contribution >= 4 is 10.9 Å². The minimum Gasteiger partial charge on any atom is -0.385 e. The van der Waals surface area contributed by atoms with Crippen LogP contribution in [0.25, 0.3) is 10.9 Å². The van der Waals surface area contributed by atoms with E-state index < -0.39 is 0 Å². The number of hydrogen-bond acceptors (Lipinski definition) is 2. The van der Waals surface area contributed by atoms with Gasteiger partial charge in [-0.25, -0.2) is 0 Å². The lowest BCUT2D eigenvalue weighted by molar-refractivity contribution is 0.188. The molecule has 3 N–H and O–H groups in total. The van der Waals surface area contributed by atoms with Crippen LogP contribution in [0, 0.1) is 0 Å². The average molecular weight is 204 g/mol. The molecule has 0 saturated heterocycles. The molecule has 3 heteroatoms. The van der Waals surface area contributed by atoms with E-state index in [2.05, 4.69) is 29.2 Å². The molecule has 0 aliphatic carbocycles. The molecule has 3 nitrogen and oxygen atoms in total. The topological polar surface area (TPSA) is 51.0 Å². The second kappa shape index (κ2) is 4.47. The smallest absolute Gasteiger partial charge is 0.0480 e. The zero-order chi connectivity index (χ0) is 10.7. The van der Waals surface area contributed by atoms with Crippen molar-refractivity contribution in [1.29, 1.82) is 0 Å². The van der Waals surface area contributed by atoms with Gasteiger partial charge in [0.25, 0.3) is 0 Å². The van der Waals surface area contributed by atoms with E-state index in [-0.39, 0.29) is 6.04 Å². The first-order chi connectivity index (χ1) is 7.31. The van der Waals surface area contributed by atoms with Gasteiger partial charge in [0.15, 0.2) is 0 Å². The molecule has 1 atom stereocenters. The number of benzene rings is 1. The fraction of sp³-hybridized carbons (Fsp3) is 0.333. The monoisotopic (exact) mass is 204 g/mol. The SMILES string of the molecule is COCCC(N)c1ccc2cc[nH]c2c1. The summed E-state index contributed by atoms with van der Waals surface area (Å²) in [6.07, 6.45) is 2.79. The van der Waals surface area contributed by atoms with Gasteiger partial charge >= 0.3 is 0 Å². The number of rotatable bonds is 4. The van der Waals surface area contributed by atoms with Crippen LogP contribution in [0.15, 0.2) is 30.5 Å². The van der Waals surface area contributed by atoms with Crippen molar-refractivity contribution in [3.8, 4) is 0 Å². The molecule has 0 aliphatic heterocycles. The molecule has 0 aliphatic rings. The third-order valence-electron chi connectivity index (χ3n) is 2.64. The highest BCUT2D eigenvalue weighted by molar-refractivity contribution is 5.79. The van der Waals surface area contributed by atoms with E-state index in [1.54, 1.807) is 7.11 Å². The maximum absolute atomic E-state index is 6.05. The summed E-state index contributed by atoms with van der Waals surface area (Å²) in [6, 6.07) is 8.39. The second-order valence-corrected chi connectivity index (χ2v) is 3.71. The predicted octanol–water partition coefficient (Wildman–Crippen LogP) is 2.20. The lowest BCUT2D eigenvalue weighted by atomic mass is 10.0. The molecular formula is C12H16N2O. The third kappa shape index (κ3) is 2.19. The molecule has 0 radical (unpaired) electrons. The van der Waals surface area contributed by atoms with Crippen molar-refractivity contribution in [3.05, 3.63) is 36.0 Å². The molecule has 1 aromatic heterocycles. The number of aromatic amines is 1. The Balaban J connectivity index is 2.19. The number of fused-ring (bicyclic) bond motifs is 1. The summed E-state index contributed by atoms with van der Waals surface area (Å²) in [7, 11) is 1.70. The van der Waals surface area contributed by atoms with Crippen LogP contribution in [-0.4, -0.2) is 18.7 Å². The van der Waals surface area contributed by atoms with Crippen LogP contribution in [0.2, 0.25) is 0 Å². The number of nitrogens with two attached hydrogens (primary N) is 1. The fourth-order valence-corrected chi connectivity index (χ4v) is 1.71. The molecule has 0 saturated carbocycles. The zero-order valence-electron chi connectivity index (χ0n) is 8.86. The standard InChI is InChI=1S/C12H16N2O/c1-15-7-5-11(13)10-3-2-9-4-6-14-12(9)8-10/h2-4,6,8,11,14H,5,7,13H2,1H3. The van der Waals surface area contributed by atoms with Crippen LogP contribution in [0.5, 0.6) is 0 Å². The van der Waals surface area contributed by atoms with Crippen molar-refractivity contribution in [3.63, 3.8) is 0 Å². The summed E-state index contributed by atoms with van der Waals surface area (Å²) >= 11 is 0. The van der Waals surface area contributed by atoms with Crippen molar-refractivity contribution in [2.24, 2.45) is 5.73 Å². The molecule has 1 aromatic carbocycles. The zero-order valence-corrected chi connectivity index (χ0v) is 8.86. The van der Waals surface area contributed by atoms with Gasteiger partial charge in [-0.2, -0.15) is 0 Å². The predicted molar refractivity (Wildman–Crippen MR) is 61.7 cm³/mol. The fourth-order valence-electron chi connectivity index (χ4n) is 1.71. The van der Waals surface area contributed by atoms with Gasteiger partial charge < -0.3 is 15.5 Å². The van der Waals surface area contributed by atoms with E-state index in [0.717, 1.165) is 17.5 Å². The van der Waals surface area contributed by atoms with Gasteiger partial charge in [-0.05, 0) is 29.5 Å². The Kier molecular flexibility index (Phi) is 3.04. The number of ether oxygens (including phenoxy) is 1. The van der Waals surface area contributed by atoms with Crippen LogP contribution < -0.4 is 5.73 Å². The van der Waals surface area contributed by atoms with Crippen LogP contribution in [0.3, 0.4) is 0 Å². The summed E-state index contributed by atoms with van der Waals surface area (Å²) in [5.41, 5.74) is 8.34. The van der Waals surface area contributed by atoms with E-state index in [4.69, 9.17) is 10.5 Å². The van der Waals surface area contributed by atoms with Gasteiger partial charge in [0.05, 0.1) is 0 Å². The molecule has 2 rings (SSSR count). The Hall–Kier alpha value is -1.32. The van der Waals surface area contributed by atoms with Crippen LogP contribution in [-0.2, 0) is 4.74 Å².